The predicted molar refractivity (Wildman–Crippen MR) is 98.2 cm³/mol. The topological polar surface area (TPSA) is 100 Å². The number of nitrogens with zero attached hydrogens (tertiary/aromatic N) is 2. The molecule has 8 nitrogen and oxygen atoms in total. The fourth-order valence-corrected chi connectivity index (χ4v) is 3.69. The zero-order valence-electron chi connectivity index (χ0n) is 15.1. The number of carboxylic acid groups (broad SMARTS) is 1. The Morgan fingerprint density at radius 3 is 2.63 bits per heavy atom. The molecule has 2 aromatic rings. The van der Waals surface area contributed by atoms with Crippen LogP contribution in [0.2, 0.25) is 0 Å². The first-order chi connectivity index (χ1) is 13.1. The minimum absolute atomic E-state index is 0.119. The molecule has 1 aromatic heterocycles. The zero-order valence-corrected chi connectivity index (χ0v) is 15.1. The van der Waals surface area contributed by atoms with Gasteiger partial charge in [0.15, 0.2) is 0 Å². The van der Waals surface area contributed by atoms with Gasteiger partial charge in [0.25, 0.3) is 12.4 Å². The van der Waals surface area contributed by atoms with Crippen LogP contribution in [0.15, 0.2) is 33.7 Å². The molecule has 3 aliphatic heterocycles. The Kier molecular flexibility index (Phi) is 5.75. The molecule has 0 spiro atoms. The first kappa shape index (κ1) is 18.9. The second-order valence-electron chi connectivity index (χ2n) is 6.52. The molecule has 0 aliphatic carbocycles. The van der Waals surface area contributed by atoms with Gasteiger partial charge in [-0.25, -0.2) is 0 Å². The molecule has 3 aliphatic rings. The summed E-state index contributed by atoms with van der Waals surface area (Å²) in [4.78, 5) is 38.3. The van der Waals surface area contributed by atoms with Crippen molar-refractivity contribution in [2.24, 2.45) is 0 Å². The molecule has 3 saturated heterocycles. The maximum Gasteiger partial charge on any atom is 0.290 e. The Balaban J connectivity index is 0.000000659. The first-order valence-electron chi connectivity index (χ1n) is 8.79. The molecule has 27 heavy (non-hydrogen) atoms. The van der Waals surface area contributed by atoms with E-state index >= 15 is 0 Å². The highest BCUT2D eigenvalue weighted by Gasteiger charge is 2.33. The maximum absolute atomic E-state index is 13.0. The number of ether oxygens (including phenoxy) is 1. The zero-order chi connectivity index (χ0) is 19.4. The molecule has 0 radical (unpaired) electrons. The van der Waals surface area contributed by atoms with E-state index in [-0.39, 0.29) is 29.4 Å². The van der Waals surface area contributed by atoms with Gasteiger partial charge in [-0.05, 0) is 25.0 Å². The summed E-state index contributed by atoms with van der Waals surface area (Å²) in [6.45, 7) is 3.35. The van der Waals surface area contributed by atoms with E-state index in [9.17, 15) is 9.59 Å². The standard InChI is InChI=1S/C18H20N2O4.CH2O2/c1-23-13-2-3-14-16(10-13)24-11-15(17(14)21)18(22)20-9-8-19-6-4-12(20)5-7-19;2-1-3/h2-3,10-12H,4-9H2,1H3;1H,(H,2,3). The number of fused-ring (bicyclic) bond motifs is 5. The van der Waals surface area contributed by atoms with Gasteiger partial charge < -0.3 is 24.1 Å². The van der Waals surface area contributed by atoms with Gasteiger partial charge in [0, 0.05) is 38.3 Å². The van der Waals surface area contributed by atoms with E-state index in [2.05, 4.69) is 4.90 Å². The van der Waals surface area contributed by atoms with Crippen LogP contribution in [0.1, 0.15) is 23.2 Å². The van der Waals surface area contributed by atoms with Gasteiger partial charge in [0.1, 0.15) is 23.2 Å². The third-order valence-corrected chi connectivity index (χ3v) is 5.13. The normalized spacial score (nSPS) is 21.1. The van der Waals surface area contributed by atoms with Crippen LogP contribution in [0, 0.1) is 0 Å². The van der Waals surface area contributed by atoms with Gasteiger partial charge in [-0.1, -0.05) is 0 Å². The van der Waals surface area contributed by atoms with Crippen molar-refractivity contribution in [3.05, 3.63) is 40.2 Å². The van der Waals surface area contributed by atoms with E-state index in [1.165, 1.54) is 6.26 Å². The van der Waals surface area contributed by atoms with Crippen LogP contribution >= 0.6 is 0 Å². The summed E-state index contributed by atoms with van der Waals surface area (Å²) in [6, 6.07) is 5.23. The Labute approximate surface area is 155 Å². The van der Waals surface area contributed by atoms with Crippen molar-refractivity contribution in [2.75, 3.05) is 33.3 Å². The summed E-state index contributed by atoms with van der Waals surface area (Å²) in [7, 11) is 1.56. The van der Waals surface area contributed by atoms with E-state index < -0.39 is 0 Å². The fraction of sp³-hybridized carbons (Fsp3) is 0.421. The molecule has 0 unspecified atom stereocenters. The fourth-order valence-electron chi connectivity index (χ4n) is 3.69. The van der Waals surface area contributed by atoms with Gasteiger partial charge in [0.05, 0.1) is 12.5 Å². The third kappa shape index (κ3) is 3.80. The number of benzene rings is 1. The predicted octanol–water partition coefficient (Wildman–Crippen LogP) is 1.42. The second kappa shape index (κ2) is 8.22. The molecular weight excluding hydrogens is 352 g/mol. The number of carbonyl (C=O) groups excluding carboxylic acids is 1. The molecule has 3 fully saturated rings. The van der Waals surface area contributed by atoms with Crippen LogP contribution < -0.4 is 10.2 Å². The Bertz CT molecular complexity index is 885. The first-order valence-corrected chi connectivity index (χ1v) is 8.79. The molecule has 144 valence electrons. The van der Waals surface area contributed by atoms with Crippen molar-refractivity contribution in [2.45, 2.75) is 18.9 Å². The highest BCUT2D eigenvalue weighted by molar-refractivity contribution is 5.97. The quantitative estimate of drug-likeness (QED) is 0.794. The molecule has 4 heterocycles. The highest BCUT2D eigenvalue weighted by Crippen LogP contribution is 2.23. The van der Waals surface area contributed by atoms with Crippen LogP contribution in [0.25, 0.3) is 11.0 Å². The van der Waals surface area contributed by atoms with Crippen molar-refractivity contribution in [1.82, 2.24) is 9.80 Å². The van der Waals surface area contributed by atoms with Crippen LogP contribution in [-0.2, 0) is 4.79 Å². The number of rotatable bonds is 2. The number of hydrogen-bond acceptors (Lipinski definition) is 6. The number of amides is 1. The average Bonchev–Trinajstić information content (AvgIpc) is 3.02. The van der Waals surface area contributed by atoms with Crippen molar-refractivity contribution in [3.63, 3.8) is 0 Å². The van der Waals surface area contributed by atoms with Crippen LogP contribution in [-0.4, -0.2) is 66.6 Å². The summed E-state index contributed by atoms with van der Waals surface area (Å²) in [6.07, 6.45) is 3.24. The number of methoxy groups -OCH3 is 1. The van der Waals surface area contributed by atoms with E-state index in [1.54, 1.807) is 25.3 Å². The SMILES string of the molecule is COc1ccc2c(=O)c(C(=O)N3CCN4CCC3CC4)coc2c1.O=CO. The van der Waals surface area contributed by atoms with Crippen molar-refractivity contribution >= 4 is 23.3 Å². The summed E-state index contributed by atoms with van der Waals surface area (Å²) < 4.78 is 10.7. The van der Waals surface area contributed by atoms with Crippen LogP contribution in [0.5, 0.6) is 5.75 Å². The van der Waals surface area contributed by atoms with Gasteiger partial charge in [0.2, 0.25) is 5.43 Å². The smallest absolute Gasteiger partial charge is 0.290 e. The lowest BCUT2D eigenvalue weighted by Crippen LogP contribution is -2.43. The molecular formula is C19H22N2O6. The molecule has 8 heteroatoms. The molecule has 0 atom stereocenters. The van der Waals surface area contributed by atoms with E-state index in [4.69, 9.17) is 19.1 Å². The lowest BCUT2D eigenvalue weighted by molar-refractivity contribution is -0.122. The minimum Gasteiger partial charge on any atom is -0.497 e. The summed E-state index contributed by atoms with van der Waals surface area (Å²) in [5.74, 6) is 0.401. The van der Waals surface area contributed by atoms with Crippen molar-refractivity contribution in [3.8, 4) is 5.75 Å². The molecule has 0 saturated carbocycles. The van der Waals surface area contributed by atoms with Gasteiger partial charge in [-0.2, -0.15) is 0 Å². The lowest BCUT2D eigenvalue weighted by atomic mass is 10.0. The Morgan fingerprint density at radius 1 is 1.26 bits per heavy atom. The lowest BCUT2D eigenvalue weighted by Gasteiger charge is -2.31. The van der Waals surface area contributed by atoms with Crippen LogP contribution in [0.4, 0.5) is 0 Å². The van der Waals surface area contributed by atoms with Crippen molar-refractivity contribution in [1.29, 1.82) is 0 Å². The van der Waals surface area contributed by atoms with Gasteiger partial charge in [-0.3, -0.25) is 14.4 Å². The second-order valence-corrected chi connectivity index (χ2v) is 6.52. The largest absolute Gasteiger partial charge is 0.497 e. The summed E-state index contributed by atoms with van der Waals surface area (Å²) in [5, 5.41) is 7.30. The summed E-state index contributed by atoms with van der Waals surface area (Å²) >= 11 is 0. The molecule has 2 bridgehead atoms. The number of hydrogen-bond donors (Lipinski definition) is 1. The Hall–Kier alpha value is -2.87. The minimum atomic E-state index is -0.275. The maximum atomic E-state index is 13.0. The third-order valence-electron chi connectivity index (χ3n) is 5.13. The molecule has 1 amide bonds. The number of carbonyl (C=O) groups is 2. The van der Waals surface area contributed by atoms with Crippen LogP contribution in [0.3, 0.4) is 0 Å². The Morgan fingerprint density at radius 2 is 1.96 bits per heavy atom. The van der Waals surface area contributed by atoms with Gasteiger partial charge in [-0.15, -0.1) is 0 Å². The molecule has 5 rings (SSSR count). The summed E-state index contributed by atoms with van der Waals surface area (Å²) in [5.41, 5.74) is 0.273. The average molecular weight is 374 g/mol. The highest BCUT2D eigenvalue weighted by atomic mass is 16.5. The molecule has 1 N–H and O–H groups in total. The van der Waals surface area contributed by atoms with E-state index in [1.807, 2.05) is 4.90 Å². The van der Waals surface area contributed by atoms with E-state index in [0.717, 1.165) is 32.5 Å². The van der Waals surface area contributed by atoms with Crippen molar-refractivity contribution < 1.29 is 23.8 Å². The molecule has 1 aromatic carbocycles. The number of piperidine rings is 1. The van der Waals surface area contributed by atoms with E-state index in [0.29, 0.717) is 23.3 Å². The monoisotopic (exact) mass is 374 g/mol. The van der Waals surface area contributed by atoms with Gasteiger partial charge >= 0.3 is 0 Å².